The average Bonchev–Trinajstić information content (AvgIpc) is 3.09. The molecular weight excluding hydrogens is 616 g/mol. The highest BCUT2D eigenvalue weighted by atomic mass is 16.3. The fourth-order valence-electron chi connectivity index (χ4n) is 6.93. The van der Waals surface area contributed by atoms with Crippen molar-refractivity contribution in [3.8, 4) is 0 Å². The van der Waals surface area contributed by atoms with Crippen LogP contribution in [-0.2, 0) is 0 Å². The lowest BCUT2D eigenvalue weighted by molar-refractivity contribution is -0.907. The van der Waals surface area contributed by atoms with E-state index in [9.17, 15) is 24.9 Å². The summed E-state index contributed by atoms with van der Waals surface area (Å²) in [6, 6.07) is 0. The summed E-state index contributed by atoms with van der Waals surface area (Å²) in [6.07, 6.45) is 28.8. The van der Waals surface area contributed by atoms with E-state index in [0.29, 0.717) is 19.6 Å². The maximum absolute atomic E-state index is 11.9. The number of aliphatic hydroxyl groups excluding tert-OH is 3. The van der Waals surface area contributed by atoms with E-state index in [0.717, 1.165) is 37.3 Å². The molecule has 0 saturated heterocycles. The highest BCUT2D eigenvalue weighted by Crippen LogP contribution is 2.14. The van der Waals surface area contributed by atoms with Crippen molar-refractivity contribution in [2.24, 2.45) is 0 Å². The quantitative estimate of drug-likeness (QED) is 0.0397. The van der Waals surface area contributed by atoms with Gasteiger partial charge in [0.1, 0.15) is 49.3 Å². The van der Waals surface area contributed by atoms with Crippen LogP contribution in [0.3, 0.4) is 0 Å². The summed E-state index contributed by atoms with van der Waals surface area (Å²) in [4.78, 5) is 24.6. The minimum atomic E-state index is -0.866. The van der Waals surface area contributed by atoms with Gasteiger partial charge in [0.15, 0.2) is 0 Å². The molecule has 1 aromatic carbocycles. The van der Waals surface area contributed by atoms with E-state index in [1.54, 1.807) is 7.05 Å². The van der Waals surface area contributed by atoms with E-state index >= 15 is 0 Å². The zero-order valence-electron chi connectivity index (χ0n) is 32.2. The predicted octanol–water partition coefficient (Wildman–Crippen LogP) is 4.67. The Balaban J connectivity index is 2.34. The Labute approximate surface area is 300 Å². The fraction of sp³-hybridized carbons (Fsp3) is 0.900. The highest BCUT2D eigenvalue weighted by molar-refractivity contribution is 5.73. The third kappa shape index (κ3) is 22.8. The Hall–Kier alpha value is -1.52. The van der Waals surface area contributed by atoms with Crippen LogP contribution >= 0.6 is 0 Å². The van der Waals surface area contributed by atoms with Crippen LogP contribution in [0.5, 0.6) is 0 Å². The molecule has 0 aliphatic heterocycles. The molecule has 0 aliphatic rings. The highest BCUT2D eigenvalue weighted by Gasteiger charge is 2.26. The first-order chi connectivity index (χ1) is 23.8. The molecule has 1 rings (SSSR count). The normalized spacial score (nSPS) is 14.2. The van der Waals surface area contributed by atoms with Gasteiger partial charge in [0.2, 0.25) is 0 Å². The lowest BCUT2D eigenvalue weighted by Crippen LogP contribution is -3.14. The van der Waals surface area contributed by atoms with E-state index in [-0.39, 0.29) is 17.9 Å². The number of hydrogen-bond acceptors (Lipinski definition) is 7. The minimum absolute atomic E-state index is 0.146. The third-order valence-electron chi connectivity index (χ3n) is 10.2. The monoisotopic (exact) mass is 697 g/mol. The topological polar surface area (TPSA) is 140 Å². The summed E-state index contributed by atoms with van der Waals surface area (Å²) in [7, 11) is 1.60. The molecule has 0 radical (unpaired) electrons. The molecule has 0 heterocycles. The first-order valence-corrected chi connectivity index (χ1v) is 20.8. The number of hydrogen-bond donors (Lipinski definition) is 7. The van der Waals surface area contributed by atoms with Crippen LogP contribution in [0.1, 0.15) is 168 Å². The maximum atomic E-state index is 11.9. The Morgan fingerprint density at radius 3 is 1.47 bits per heavy atom. The van der Waals surface area contributed by atoms with Crippen molar-refractivity contribution in [3.63, 3.8) is 0 Å². The van der Waals surface area contributed by atoms with Gasteiger partial charge in [0.05, 0.1) is 13.1 Å². The van der Waals surface area contributed by atoms with Gasteiger partial charge in [0, 0.05) is 13.6 Å². The van der Waals surface area contributed by atoms with Gasteiger partial charge in [-0.1, -0.05) is 142 Å². The van der Waals surface area contributed by atoms with E-state index < -0.39 is 29.2 Å². The van der Waals surface area contributed by atoms with Crippen LogP contribution < -0.4 is 31.7 Å². The molecule has 0 saturated carbocycles. The summed E-state index contributed by atoms with van der Waals surface area (Å²) in [6.45, 7) is 7.68. The van der Waals surface area contributed by atoms with Crippen molar-refractivity contribution in [2.45, 2.75) is 186 Å². The molecule has 288 valence electrons. The van der Waals surface area contributed by atoms with E-state index in [4.69, 9.17) is 0 Å². The van der Waals surface area contributed by atoms with E-state index in [1.165, 1.54) is 135 Å². The second kappa shape index (κ2) is 31.2. The molecule has 0 spiro atoms. The van der Waals surface area contributed by atoms with Crippen LogP contribution in [0.2, 0.25) is 0 Å². The van der Waals surface area contributed by atoms with Gasteiger partial charge >= 0.3 is 0 Å². The molecule has 0 fully saturated rings. The Morgan fingerprint density at radius 2 is 1.00 bits per heavy atom. The summed E-state index contributed by atoms with van der Waals surface area (Å²) in [5.41, 5.74) is -0.605. The predicted molar refractivity (Wildman–Crippen MR) is 207 cm³/mol. The number of aliphatic hydroxyl groups is 3. The molecular formula is C40H80N4O5+2. The standard InChI is InChI=1S/C40H78N4O5/c1-4-6-8-10-12-14-16-18-20-22-24-26-28-42-31-35(46)36(47)33-44(29-27-25-23-21-19-17-15-13-11-9-7-5-2)32-34(45)30-43-38-37(41-3)39(48)40(38)49/h34-36,41-43,45-47H,4-33H2,1-3H3/p+2. The number of unbranched alkanes of at least 4 members (excludes halogenated alkanes) is 22. The average molecular weight is 697 g/mol. The van der Waals surface area contributed by atoms with Crippen LogP contribution in [0.15, 0.2) is 9.59 Å². The molecule has 0 aromatic heterocycles. The van der Waals surface area contributed by atoms with Gasteiger partial charge in [-0.15, -0.1) is 0 Å². The molecule has 49 heavy (non-hydrogen) atoms. The Bertz CT molecular complexity index is 954. The summed E-state index contributed by atoms with van der Waals surface area (Å²) >= 11 is 0. The van der Waals surface area contributed by atoms with Crippen molar-refractivity contribution in [1.29, 1.82) is 0 Å². The molecule has 9 heteroatoms. The van der Waals surface area contributed by atoms with Gasteiger partial charge in [-0.25, -0.2) is 0 Å². The first-order valence-electron chi connectivity index (χ1n) is 20.8. The number of quaternary nitrogens is 2. The zero-order valence-corrected chi connectivity index (χ0v) is 32.2. The lowest BCUT2D eigenvalue weighted by atomic mass is 10.0. The summed E-state index contributed by atoms with van der Waals surface area (Å²) in [5.74, 6) is 0. The maximum Gasteiger partial charge on any atom is 0.253 e. The summed E-state index contributed by atoms with van der Waals surface area (Å²) < 4.78 is 0. The molecule has 1 aromatic rings. The molecule has 8 N–H and O–H groups in total. The van der Waals surface area contributed by atoms with E-state index in [1.807, 2.05) is 0 Å². The van der Waals surface area contributed by atoms with Crippen molar-refractivity contribution >= 4 is 11.4 Å². The van der Waals surface area contributed by atoms with Crippen LogP contribution in [-0.4, -0.2) is 79.9 Å². The van der Waals surface area contributed by atoms with Gasteiger partial charge in [-0.3, -0.25) is 9.59 Å². The first kappa shape index (κ1) is 45.5. The van der Waals surface area contributed by atoms with Gasteiger partial charge in [0.25, 0.3) is 10.9 Å². The molecule has 0 bridgehead atoms. The zero-order chi connectivity index (χ0) is 36.0. The second-order valence-corrected chi connectivity index (χ2v) is 14.8. The van der Waals surface area contributed by atoms with E-state index in [2.05, 4.69) is 29.8 Å². The van der Waals surface area contributed by atoms with Gasteiger partial charge in [-0.05, 0) is 25.7 Å². The molecule has 4 unspecified atom stereocenters. The summed E-state index contributed by atoms with van der Waals surface area (Å²) in [5, 5.41) is 40.3. The largest absolute Gasteiger partial charge is 0.385 e. The molecule has 0 amide bonds. The SMILES string of the molecule is CCCCCCCCCCCCCC[NH2+]CC(O)C(O)C[NH+](CCCCCCCCCCCCCC)CC(O)CNc1c(NC)c(=O)c1=O. The molecule has 9 nitrogen and oxygen atoms in total. The number of anilines is 2. The number of rotatable bonds is 37. The van der Waals surface area contributed by atoms with Gasteiger partial charge in [-0.2, -0.15) is 0 Å². The minimum Gasteiger partial charge on any atom is -0.385 e. The van der Waals surface area contributed by atoms with Crippen LogP contribution in [0.25, 0.3) is 0 Å². The van der Waals surface area contributed by atoms with Crippen molar-refractivity contribution < 1.29 is 25.5 Å². The third-order valence-corrected chi connectivity index (χ3v) is 10.2. The second-order valence-electron chi connectivity index (χ2n) is 14.8. The Morgan fingerprint density at radius 1 is 0.571 bits per heavy atom. The number of nitrogens with two attached hydrogens (primary N) is 1. The lowest BCUT2D eigenvalue weighted by Gasteiger charge is -2.26. The van der Waals surface area contributed by atoms with Crippen molar-refractivity contribution in [2.75, 3.05) is 56.9 Å². The smallest absolute Gasteiger partial charge is 0.253 e. The number of nitrogens with one attached hydrogen (secondary N) is 3. The van der Waals surface area contributed by atoms with Gasteiger partial charge < -0.3 is 36.2 Å². The van der Waals surface area contributed by atoms with Crippen LogP contribution in [0.4, 0.5) is 11.4 Å². The Kier molecular flexibility index (Phi) is 29.0. The molecule has 4 atom stereocenters. The fourth-order valence-corrected chi connectivity index (χ4v) is 6.93. The van der Waals surface area contributed by atoms with Crippen molar-refractivity contribution in [3.05, 3.63) is 20.4 Å². The molecule has 0 aliphatic carbocycles. The van der Waals surface area contributed by atoms with Crippen molar-refractivity contribution in [1.82, 2.24) is 0 Å². The van der Waals surface area contributed by atoms with Crippen LogP contribution in [0, 0.1) is 0 Å².